The molecular weight excluding hydrogens is 426 g/mol. The highest BCUT2D eigenvalue weighted by Crippen LogP contribution is 2.38. The number of rotatable bonds is 3. The van der Waals surface area contributed by atoms with Gasteiger partial charge in [-0.05, 0) is 49.2 Å². The van der Waals surface area contributed by atoms with Gasteiger partial charge < -0.3 is 14.5 Å². The molecule has 1 fully saturated rings. The zero-order valence-corrected chi connectivity index (χ0v) is 19.3. The maximum atomic E-state index is 13.4. The Morgan fingerprint density at radius 1 is 1.22 bits per heavy atom. The van der Waals surface area contributed by atoms with Crippen LogP contribution in [0, 0.1) is 6.92 Å². The second-order valence-electron chi connectivity index (χ2n) is 8.71. The van der Waals surface area contributed by atoms with Gasteiger partial charge in [-0.3, -0.25) is 14.5 Å². The molecule has 0 radical (unpaired) electrons. The number of hydrogen-bond donors (Lipinski definition) is 0. The van der Waals surface area contributed by atoms with Gasteiger partial charge in [-0.15, -0.1) is 0 Å². The molecule has 8 heteroatoms. The number of hydrogen-bond acceptors (Lipinski definition) is 5. The van der Waals surface area contributed by atoms with E-state index in [0.29, 0.717) is 35.9 Å². The Bertz CT molecular complexity index is 1170. The van der Waals surface area contributed by atoms with Crippen LogP contribution in [-0.2, 0) is 13.5 Å². The summed E-state index contributed by atoms with van der Waals surface area (Å²) in [5.74, 6) is 0.517. The number of amides is 1. The highest BCUT2D eigenvalue weighted by molar-refractivity contribution is 6.33. The maximum Gasteiger partial charge on any atom is 0.258 e. The lowest BCUT2D eigenvalue weighted by Crippen LogP contribution is -2.55. The summed E-state index contributed by atoms with van der Waals surface area (Å²) in [6.45, 7) is 4.80. The van der Waals surface area contributed by atoms with E-state index in [4.69, 9.17) is 16.3 Å². The van der Waals surface area contributed by atoms with Crippen LogP contribution in [0.4, 0.5) is 0 Å². The van der Waals surface area contributed by atoms with Crippen LogP contribution < -0.4 is 4.74 Å². The SMILES string of the molecule is Cc1c(Cc2ccc(-c3cnn(C)c3)nc2)cc2c(c1Cl)OC[C@H]1CN(C)CCN1C2=O. The van der Waals surface area contributed by atoms with E-state index in [1.165, 1.54) is 0 Å². The number of nitrogens with zero attached hydrogens (tertiary/aromatic N) is 5. The molecule has 1 saturated heterocycles. The van der Waals surface area contributed by atoms with Crippen LogP contribution in [0.5, 0.6) is 5.75 Å². The maximum absolute atomic E-state index is 13.4. The van der Waals surface area contributed by atoms with Gasteiger partial charge in [0.15, 0.2) is 5.75 Å². The third-order valence-electron chi connectivity index (χ3n) is 6.39. The summed E-state index contributed by atoms with van der Waals surface area (Å²) in [4.78, 5) is 22.2. The number of pyridine rings is 1. The van der Waals surface area contributed by atoms with Gasteiger partial charge in [-0.2, -0.15) is 5.10 Å². The van der Waals surface area contributed by atoms with Gasteiger partial charge in [0.2, 0.25) is 0 Å². The monoisotopic (exact) mass is 451 g/mol. The van der Waals surface area contributed by atoms with Crippen molar-refractivity contribution in [3.8, 4) is 17.0 Å². The van der Waals surface area contributed by atoms with E-state index in [2.05, 4.69) is 28.1 Å². The third-order valence-corrected chi connectivity index (χ3v) is 6.85. The minimum absolute atomic E-state index is 0.00352. The molecule has 2 aliphatic rings. The van der Waals surface area contributed by atoms with Gasteiger partial charge in [0.25, 0.3) is 5.91 Å². The van der Waals surface area contributed by atoms with E-state index in [-0.39, 0.29) is 11.9 Å². The Labute approximate surface area is 192 Å². The number of aryl methyl sites for hydroxylation is 1. The Hall–Kier alpha value is -2.90. The summed E-state index contributed by atoms with van der Waals surface area (Å²) in [5, 5.41) is 4.73. The average molecular weight is 452 g/mol. The largest absolute Gasteiger partial charge is 0.489 e. The van der Waals surface area contributed by atoms with Crippen LogP contribution in [0.15, 0.2) is 36.8 Å². The first-order chi connectivity index (χ1) is 15.4. The fraction of sp³-hybridized carbons (Fsp3) is 0.375. The van der Waals surface area contributed by atoms with Crippen molar-refractivity contribution >= 4 is 17.5 Å². The number of piperazine rings is 1. The van der Waals surface area contributed by atoms with Crippen LogP contribution >= 0.6 is 11.6 Å². The molecule has 1 amide bonds. The van der Waals surface area contributed by atoms with Crippen molar-refractivity contribution in [2.45, 2.75) is 19.4 Å². The molecule has 4 heterocycles. The van der Waals surface area contributed by atoms with Crippen LogP contribution in [0.25, 0.3) is 11.3 Å². The predicted molar refractivity (Wildman–Crippen MR) is 123 cm³/mol. The minimum Gasteiger partial charge on any atom is -0.489 e. The van der Waals surface area contributed by atoms with E-state index < -0.39 is 0 Å². The summed E-state index contributed by atoms with van der Waals surface area (Å²) in [7, 11) is 3.96. The number of aromatic nitrogens is 3. The fourth-order valence-corrected chi connectivity index (χ4v) is 4.77. The Morgan fingerprint density at radius 2 is 2.06 bits per heavy atom. The van der Waals surface area contributed by atoms with Crippen molar-refractivity contribution < 1.29 is 9.53 Å². The standard InChI is InChI=1S/C24H26ClN5O2/c1-15-17(8-16-4-5-21(26-10-16)18-11-27-29(3)12-18)9-20-23(22(15)25)32-14-19-13-28(2)6-7-30(19)24(20)31/h4-5,9-12,19H,6-8,13-14H2,1-3H3/t19-/m1/s1. The highest BCUT2D eigenvalue weighted by atomic mass is 35.5. The smallest absolute Gasteiger partial charge is 0.258 e. The highest BCUT2D eigenvalue weighted by Gasteiger charge is 2.36. The number of halogens is 1. The van der Waals surface area contributed by atoms with Crippen LogP contribution in [0.1, 0.15) is 27.0 Å². The molecule has 3 aromatic rings. The fourth-order valence-electron chi connectivity index (χ4n) is 4.49. The molecule has 0 aliphatic carbocycles. The summed E-state index contributed by atoms with van der Waals surface area (Å²) in [6, 6.07) is 6.05. The number of likely N-dealkylation sites (N-methyl/N-ethyl adjacent to an activating group) is 1. The van der Waals surface area contributed by atoms with Crippen molar-refractivity contribution in [3.05, 3.63) is 64.1 Å². The molecule has 0 saturated carbocycles. The van der Waals surface area contributed by atoms with Gasteiger partial charge in [0.1, 0.15) is 6.61 Å². The van der Waals surface area contributed by atoms with Crippen LogP contribution in [-0.4, -0.2) is 69.8 Å². The molecule has 1 aromatic carbocycles. The Kier molecular flexibility index (Phi) is 5.39. The summed E-state index contributed by atoms with van der Waals surface area (Å²) in [5.41, 5.74) is 5.41. The number of carbonyl (C=O) groups is 1. The first kappa shape index (κ1) is 21.0. The number of benzene rings is 1. The molecule has 32 heavy (non-hydrogen) atoms. The molecule has 0 spiro atoms. The van der Waals surface area contributed by atoms with E-state index in [1.54, 1.807) is 10.9 Å². The predicted octanol–water partition coefficient (Wildman–Crippen LogP) is 3.18. The van der Waals surface area contributed by atoms with Gasteiger partial charge >= 0.3 is 0 Å². The van der Waals surface area contributed by atoms with Crippen molar-refractivity contribution in [3.63, 3.8) is 0 Å². The van der Waals surface area contributed by atoms with Gasteiger partial charge in [0, 0.05) is 44.6 Å². The normalized spacial score (nSPS) is 18.7. The molecule has 1 atom stereocenters. The third kappa shape index (κ3) is 3.76. The molecule has 2 aromatic heterocycles. The number of fused-ring (bicyclic) bond motifs is 2. The summed E-state index contributed by atoms with van der Waals surface area (Å²) >= 11 is 6.72. The zero-order chi connectivity index (χ0) is 22.4. The first-order valence-corrected chi connectivity index (χ1v) is 11.2. The Balaban J connectivity index is 1.44. The molecule has 0 unspecified atom stereocenters. The minimum atomic E-state index is 0.00352. The van der Waals surface area contributed by atoms with Crippen LogP contribution in [0.2, 0.25) is 5.02 Å². The molecular formula is C24H26ClN5O2. The first-order valence-electron chi connectivity index (χ1n) is 10.8. The molecule has 0 N–H and O–H groups in total. The second-order valence-corrected chi connectivity index (χ2v) is 9.09. The average Bonchev–Trinajstić information content (AvgIpc) is 3.17. The summed E-state index contributed by atoms with van der Waals surface area (Å²) < 4.78 is 7.84. The number of ether oxygens (including phenoxy) is 1. The van der Waals surface area contributed by atoms with Crippen molar-refractivity contribution in [2.24, 2.45) is 7.05 Å². The van der Waals surface area contributed by atoms with Crippen molar-refractivity contribution in [1.82, 2.24) is 24.6 Å². The van der Waals surface area contributed by atoms with Crippen LogP contribution in [0.3, 0.4) is 0 Å². The molecule has 166 valence electrons. The van der Waals surface area contributed by atoms with E-state index >= 15 is 0 Å². The number of carbonyl (C=O) groups excluding carboxylic acids is 1. The lowest BCUT2D eigenvalue weighted by atomic mass is 9.97. The lowest BCUT2D eigenvalue weighted by Gasteiger charge is -2.38. The molecule has 7 nitrogen and oxygen atoms in total. The van der Waals surface area contributed by atoms with Crippen molar-refractivity contribution in [2.75, 3.05) is 33.3 Å². The molecule has 5 rings (SSSR count). The summed E-state index contributed by atoms with van der Waals surface area (Å²) in [6.07, 6.45) is 6.25. The Morgan fingerprint density at radius 3 is 2.78 bits per heavy atom. The van der Waals surface area contributed by atoms with Gasteiger partial charge in [-0.25, -0.2) is 0 Å². The topological polar surface area (TPSA) is 63.5 Å². The lowest BCUT2D eigenvalue weighted by molar-refractivity contribution is 0.0442. The van der Waals surface area contributed by atoms with E-state index in [9.17, 15) is 4.79 Å². The van der Waals surface area contributed by atoms with Crippen molar-refractivity contribution in [1.29, 1.82) is 0 Å². The second kappa shape index (κ2) is 8.22. The van der Waals surface area contributed by atoms with E-state index in [1.807, 2.05) is 43.4 Å². The molecule has 0 bridgehead atoms. The van der Waals surface area contributed by atoms with Gasteiger partial charge in [0.05, 0.1) is 28.5 Å². The zero-order valence-electron chi connectivity index (χ0n) is 18.5. The molecule has 2 aliphatic heterocycles. The van der Waals surface area contributed by atoms with Gasteiger partial charge in [-0.1, -0.05) is 17.7 Å². The quantitative estimate of drug-likeness (QED) is 0.612. The van der Waals surface area contributed by atoms with E-state index in [0.717, 1.165) is 41.0 Å².